The van der Waals surface area contributed by atoms with Gasteiger partial charge in [-0.3, -0.25) is 4.90 Å². The quantitative estimate of drug-likeness (QED) is 0.852. The molecule has 1 heterocycles. The van der Waals surface area contributed by atoms with Crippen molar-refractivity contribution in [2.45, 2.75) is 63.5 Å². The first-order valence-corrected chi connectivity index (χ1v) is 9.00. The van der Waals surface area contributed by atoms with E-state index in [0.717, 1.165) is 18.0 Å². The molecular formula is C17H33N3. The van der Waals surface area contributed by atoms with E-state index in [9.17, 15) is 0 Å². The number of rotatable bonds is 4. The van der Waals surface area contributed by atoms with Crippen LogP contribution in [0, 0.1) is 5.92 Å². The SMILES string of the molecule is CNC1CCCCCCC1N1CCN(CC2CC2)CC1. The second kappa shape index (κ2) is 7.24. The fraction of sp³-hybridized carbons (Fsp3) is 1.00. The molecule has 0 radical (unpaired) electrons. The summed E-state index contributed by atoms with van der Waals surface area (Å²) >= 11 is 0. The van der Waals surface area contributed by atoms with Crippen LogP contribution in [0.25, 0.3) is 0 Å². The molecule has 3 rings (SSSR count). The Morgan fingerprint density at radius 3 is 2.20 bits per heavy atom. The monoisotopic (exact) mass is 279 g/mol. The van der Waals surface area contributed by atoms with Crippen LogP contribution in [0.3, 0.4) is 0 Å². The van der Waals surface area contributed by atoms with Crippen molar-refractivity contribution in [3.63, 3.8) is 0 Å². The molecule has 0 bridgehead atoms. The van der Waals surface area contributed by atoms with Gasteiger partial charge >= 0.3 is 0 Å². The van der Waals surface area contributed by atoms with Crippen LogP contribution >= 0.6 is 0 Å². The molecule has 0 spiro atoms. The molecular weight excluding hydrogens is 246 g/mol. The zero-order chi connectivity index (χ0) is 13.8. The summed E-state index contributed by atoms with van der Waals surface area (Å²) in [6.45, 7) is 6.60. The summed E-state index contributed by atoms with van der Waals surface area (Å²) < 4.78 is 0. The maximum Gasteiger partial charge on any atom is 0.0250 e. The number of likely N-dealkylation sites (N-methyl/N-ethyl adjacent to an activating group) is 1. The van der Waals surface area contributed by atoms with E-state index >= 15 is 0 Å². The lowest BCUT2D eigenvalue weighted by atomic mass is 9.91. The summed E-state index contributed by atoms with van der Waals surface area (Å²) in [4.78, 5) is 5.52. The van der Waals surface area contributed by atoms with Crippen molar-refractivity contribution in [3.8, 4) is 0 Å². The average molecular weight is 279 g/mol. The lowest BCUT2D eigenvalue weighted by Gasteiger charge is -2.43. The van der Waals surface area contributed by atoms with E-state index in [2.05, 4.69) is 22.2 Å². The molecule has 1 aliphatic heterocycles. The Labute approximate surface area is 125 Å². The van der Waals surface area contributed by atoms with Gasteiger partial charge in [-0.2, -0.15) is 0 Å². The van der Waals surface area contributed by atoms with Gasteiger partial charge in [0.1, 0.15) is 0 Å². The highest BCUT2D eigenvalue weighted by Gasteiger charge is 2.31. The third-order valence-electron chi connectivity index (χ3n) is 5.69. The first-order valence-electron chi connectivity index (χ1n) is 9.00. The molecule has 3 heteroatoms. The predicted octanol–water partition coefficient (Wildman–Crippen LogP) is 2.32. The molecule has 3 aliphatic rings. The van der Waals surface area contributed by atoms with Crippen molar-refractivity contribution in [1.82, 2.24) is 15.1 Å². The van der Waals surface area contributed by atoms with E-state index in [0.29, 0.717) is 0 Å². The van der Waals surface area contributed by atoms with Gasteiger partial charge in [-0.15, -0.1) is 0 Å². The Bertz CT molecular complexity index is 282. The Balaban J connectivity index is 1.50. The third kappa shape index (κ3) is 3.96. The summed E-state index contributed by atoms with van der Waals surface area (Å²) in [5, 5.41) is 3.62. The zero-order valence-corrected chi connectivity index (χ0v) is 13.3. The summed E-state index contributed by atoms with van der Waals surface area (Å²) in [7, 11) is 2.17. The molecule has 3 nitrogen and oxygen atoms in total. The van der Waals surface area contributed by atoms with Gasteiger partial charge in [0.2, 0.25) is 0 Å². The van der Waals surface area contributed by atoms with Crippen LogP contribution in [-0.2, 0) is 0 Å². The largest absolute Gasteiger partial charge is 0.315 e. The van der Waals surface area contributed by atoms with E-state index in [1.807, 2.05) is 0 Å². The smallest absolute Gasteiger partial charge is 0.0250 e. The highest BCUT2D eigenvalue weighted by Crippen LogP contribution is 2.30. The summed E-state index contributed by atoms with van der Waals surface area (Å²) in [6, 6.07) is 1.52. The second-order valence-electron chi connectivity index (χ2n) is 7.23. The minimum Gasteiger partial charge on any atom is -0.315 e. The maximum absolute atomic E-state index is 3.62. The van der Waals surface area contributed by atoms with Crippen molar-refractivity contribution in [2.24, 2.45) is 5.92 Å². The van der Waals surface area contributed by atoms with Crippen LogP contribution in [-0.4, -0.2) is 61.7 Å². The number of hydrogen-bond acceptors (Lipinski definition) is 3. The van der Waals surface area contributed by atoms with Gasteiger partial charge in [0.15, 0.2) is 0 Å². The van der Waals surface area contributed by atoms with Crippen LogP contribution in [0.2, 0.25) is 0 Å². The molecule has 20 heavy (non-hydrogen) atoms. The van der Waals surface area contributed by atoms with Crippen molar-refractivity contribution >= 4 is 0 Å². The van der Waals surface area contributed by atoms with Crippen molar-refractivity contribution in [2.75, 3.05) is 39.8 Å². The van der Waals surface area contributed by atoms with Gasteiger partial charge in [0.25, 0.3) is 0 Å². The minimum absolute atomic E-state index is 0.727. The Morgan fingerprint density at radius 1 is 0.850 bits per heavy atom. The predicted molar refractivity (Wildman–Crippen MR) is 85.1 cm³/mol. The van der Waals surface area contributed by atoms with E-state index in [4.69, 9.17) is 0 Å². The summed E-state index contributed by atoms with van der Waals surface area (Å²) in [6.07, 6.45) is 11.5. The summed E-state index contributed by atoms with van der Waals surface area (Å²) in [5.74, 6) is 1.05. The van der Waals surface area contributed by atoms with Gasteiger partial charge in [0, 0.05) is 44.8 Å². The lowest BCUT2D eigenvalue weighted by molar-refractivity contribution is 0.0673. The Hall–Kier alpha value is -0.120. The molecule has 2 unspecified atom stereocenters. The minimum atomic E-state index is 0.727. The van der Waals surface area contributed by atoms with Crippen LogP contribution in [0.4, 0.5) is 0 Å². The Kier molecular flexibility index (Phi) is 5.36. The molecule has 3 fully saturated rings. The fourth-order valence-corrected chi connectivity index (χ4v) is 4.18. The summed E-state index contributed by atoms with van der Waals surface area (Å²) in [5.41, 5.74) is 0. The molecule has 0 aromatic carbocycles. The molecule has 0 amide bonds. The molecule has 2 saturated carbocycles. The lowest BCUT2D eigenvalue weighted by Crippen LogP contribution is -2.56. The number of nitrogens with zero attached hydrogens (tertiary/aromatic N) is 2. The molecule has 2 aliphatic carbocycles. The highest BCUT2D eigenvalue weighted by molar-refractivity contribution is 4.89. The molecule has 1 N–H and O–H groups in total. The third-order valence-corrected chi connectivity index (χ3v) is 5.69. The highest BCUT2D eigenvalue weighted by atomic mass is 15.3. The normalized spacial score (nSPS) is 34.6. The Morgan fingerprint density at radius 2 is 1.55 bits per heavy atom. The van der Waals surface area contributed by atoms with Gasteiger partial charge in [0.05, 0.1) is 0 Å². The van der Waals surface area contributed by atoms with Gasteiger partial charge < -0.3 is 10.2 Å². The molecule has 1 saturated heterocycles. The molecule has 0 aromatic rings. The van der Waals surface area contributed by atoms with Crippen LogP contribution in [0.1, 0.15) is 51.4 Å². The zero-order valence-electron chi connectivity index (χ0n) is 13.3. The van der Waals surface area contributed by atoms with E-state index < -0.39 is 0 Å². The van der Waals surface area contributed by atoms with Crippen molar-refractivity contribution < 1.29 is 0 Å². The van der Waals surface area contributed by atoms with Crippen molar-refractivity contribution in [3.05, 3.63) is 0 Å². The van der Waals surface area contributed by atoms with Crippen LogP contribution in [0.5, 0.6) is 0 Å². The first kappa shape index (κ1) is 14.8. The van der Waals surface area contributed by atoms with E-state index in [-0.39, 0.29) is 0 Å². The number of piperazine rings is 1. The van der Waals surface area contributed by atoms with Crippen LogP contribution in [0.15, 0.2) is 0 Å². The first-order chi connectivity index (χ1) is 9.86. The van der Waals surface area contributed by atoms with Gasteiger partial charge in [-0.05, 0) is 38.6 Å². The maximum atomic E-state index is 3.62. The van der Waals surface area contributed by atoms with Gasteiger partial charge in [-0.1, -0.05) is 25.7 Å². The topological polar surface area (TPSA) is 18.5 Å². The number of nitrogens with one attached hydrogen (secondary N) is 1. The molecule has 2 atom stereocenters. The van der Waals surface area contributed by atoms with Crippen molar-refractivity contribution in [1.29, 1.82) is 0 Å². The average Bonchev–Trinajstić information content (AvgIpc) is 3.24. The second-order valence-corrected chi connectivity index (χ2v) is 7.23. The van der Waals surface area contributed by atoms with E-state index in [1.165, 1.54) is 84.1 Å². The standard InChI is InChI=1S/C17H33N3/c1-18-16-6-4-2-3-5-7-17(16)20-12-10-19(11-13-20)14-15-8-9-15/h15-18H,2-14H2,1H3. The van der Waals surface area contributed by atoms with E-state index in [1.54, 1.807) is 0 Å². The molecule has 0 aromatic heterocycles. The van der Waals surface area contributed by atoms with Crippen LogP contribution < -0.4 is 5.32 Å². The molecule has 116 valence electrons. The van der Waals surface area contributed by atoms with Gasteiger partial charge in [-0.25, -0.2) is 0 Å². The fourth-order valence-electron chi connectivity index (χ4n) is 4.18. The number of hydrogen-bond donors (Lipinski definition) is 1.